The maximum absolute atomic E-state index is 12.7. The second-order valence-electron chi connectivity index (χ2n) is 6.67. The Kier molecular flexibility index (Phi) is 5.26. The summed E-state index contributed by atoms with van der Waals surface area (Å²) in [4.78, 5) is 20.4. The Morgan fingerprint density at radius 3 is 2.41 bits per heavy atom. The van der Waals surface area contributed by atoms with Crippen molar-refractivity contribution in [1.82, 2.24) is 4.98 Å². The van der Waals surface area contributed by atoms with Gasteiger partial charge in [0.2, 0.25) is 0 Å². The number of carbonyl (C=O) groups excluding carboxylic acids is 1. The molecule has 1 aromatic heterocycles. The summed E-state index contributed by atoms with van der Waals surface area (Å²) >= 11 is 0. The second kappa shape index (κ2) is 7.62. The van der Waals surface area contributed by atoms with Crippen LogP contribution in [0.1, 0.15) is 35.7 Å². The molecule has 2 aromatic carbocycles. The number of fused-ring (bicyclic) bond motifs is 1. The standard InChI is InChI=1S/C23H24N2O2/c1-5-22(26)18(21-12-16-8-6-7-9-19(16)25-21)13-20(24-4)17-10-14(2)23(27)15(3)11-17/h6-13,25,27H,5H2,1-4H3/b18-13-,24-20+. The van der Waals surface area contributed by atoms with E-state index in [1.807, 2.05) is 69.3 Å². The monoisotopic (exact) mass is 360 g/mol. The van der Waals surface area contributed by atoms with Crippen molar-refractivity contribution >= 4 is 28.0 Å². The van der Waals surface area contributed by atoms with Crippen molar-refractivity contribution in [3.63, 3.8) is 0 Å². The number of allylic oxidation sites excluding steroid dienone is 2. The number of aromatic hydroxyl groups is 1. The summed E-state index contributed by atoms with van der Waals surface area (Å²) < 4.78 is 0. The first-order valence-corrected chi connectivity index (χ1v) is 9.05. The van der Waals surface area contributed by atoms with Crippen LogP contribution < -0.4 is 0 Å². The number of carbonyl (C=O) groups is 1. The molecule has 4 heteroatoms. The first-order chi connectivity index (χ1) is 12.9. The Labute approximate surface area is 159 Å². The summed E-state index contributed by atoms with van der Waals surface area (Å²) in [7, 11) is 1.71. The molecule has 0 radical (unpaired) electrons. The third-order valence-corrected chi connectivity index (χ3v) is 4.75. The maximum atomic E-state index is 12.7. The minimum absolute atomic E-state index is 0.0509. The molecule has 0 saturated carbocycles. The van der Waals surface area contributed by atoms with Crippen molar-refractivity contribution in [2.75, 3.05) is 7.05 Å². The summed E-state index contributed by atoms with van der Waals surface area (Å²) in [6.45, 7) is 5.58. The fourth-order valence-electron chi connectivity index (χ4n) is 3.23. The van der Waals surface area contributed by atoms with Gasteiger partial charge in [-0.1, -0.05) is 25.1 Å². The molecule has 0 aliphatic rings. The molecule has 0 spiro atoms. The summed E-state index contributed by atoms with van der Waals surface area (Å²) in [5.41, 5.74) is 5.55. The molecule has 0 bridgehead atoms. The number of hydrogen-bond acceptors (Lipinski definition) is 3. The lowest BCUT2D eigenvalue weighted by Crippen LogP contribution is -2.06. The number of rotatable bonds is 5. The van der Waals surface area contributed by atoms with Crippen molar-refractivity contribution in [3.05, 3.63) is 70.9 Å². The van der Waals surface area contributed by atoms with Gasteiger partial charge in [-0.3, -0.25) is 9.79 Å². The van der Waals surface area contributed by atoms with Gasteiger partial charge < -0.3 is 10.1 Å². The number of H-pyrrole nitrogens is 1. The Balaban J connectivity index is 2.13. The molecule has 27 heavy (non-hydrogen) atoms. The van der Waals surface area contributed by atoms with E-state index in [-0.39, 0.29) is 5.78 Å². The highest BCUT2D eigenvalue weighted by atomic mass is 16.3. The molecule has 0 saturated heterocycles. The predicted molar refractivity (Wildman–Crippen MR) is 112 cm³/mol. The summed E-state index contributed by atoms with van der Waals surface area (Å²) in [5.74, 6) is 0.341. The number of nitrogens with one attached hydrogen (secondary N) is 1. The number of Topliss-reactive ketones (excluding diaryl/α,β-unsaturated/α-hetero) is 1. The van der Waals surface area contributed by atoms with Crippen LogP contribution in [0.15, 0.2) is 53.5 Å². The number of aromatic nitrogens is 1. The van der Waals surface area contributed by atoms with Gasteiger partial charge in [0, 0.05) is 35.5 Å². The quantitative estimate of drug-likeness (QED) is 0.498. The van der Waals surface area contributed by atoms with E-state index in [1.54, 1.807) is 7.05 Å². The molecule has 1 heterocycles. The first kappa shape index (κ1) is 18.6. The number of aromatic amines is 1. The van der Waals surface area contributed by atoms with E-state index >= 15 is 0 Å². The molecular weight excluding hydrogens is 336 g/mol. The van der Waals surface area contributed by atoms with Crippen LogP contribution in [-0.4, -0.2) is 28.6 Å². The number of hydrogen-bond donors (Lipinski definition) is 2. The minimum atomic E-state index is 0.0509. The molecule has 0 atom stereocenters. The zero-order valence-electron chi connectivity index (χ0n) is 16.1. The van der Waals surface area contributed by atoms with Crippen LogP contribution in [0.25, 0.3) is 16.5 Å². The van der Waals surface area contributed by atoms with Crippen LogP contribution >= 0.6 is 0 Å². The van der Waals surface area contributed by atoms with E-state index in [9.17, 15) is 9.90 Å². The predicted octanol–water partition coefficient (Wildman–Crippen LogP) is 4.97. The third kappa shape index (κ3) is 3.70. The molecule has 0 unspecified atom stereocenters. The number of phenolic OH excluding ortho intramolecular Hbond substituents is 1. The highest BCUT2D eigenvalue weighted by Crippen LogP contribution is 2.26. The summed E-state index contributed by atoms with van der Waals surface area (Å²) in [6.07, 6.45) is 2.24. The number of aliphatic imine (C=N–C) groups is 1. The van der Waals surface area contributed by atoms with Gasteiger partial charge in [0.15, 0.2) is 5.78 Å². The van der Waals surface area contributed by atoms with E-state index in [0.717, 1.165) is 33.3 Å². The molecule has 0 aliphatic heterocycles. The maximum Gasteiger partial charge on any atom is 0.164 e. The van der Waals surface area contributed by atoms with Crippen LogP contribution in [0.5, 0.6) is 5.75 Å². The number of nitrogens with zero attached hydrogens (tertiary/aromatic N) is 1. The van der Waals surface area contributed by atoms with Crippen LogP contribution in [0.3, 0.4) is 0 Å². The van der Waals surface area contributed by atoms with Gasteiger partial charge in [-0.25, -0.2) is 0 Å². The molecule has 4 nitrogen and oxygen atoms in total. The molecule has 138 valence electrons. The Morgan fingerprint density at radius 2 is 1.81 bits per heavy atom. The van der Waals surface area contributed by atoms with Gasteiger partial charge in [0.1, 0.15) is 5.75 Å². The van der Waals surface area contributed by atoms with Crippen LogP contribution in [0.4, 0.5) is 0 Å². The smallest absolute Gasteiger partial charge is 0.164 e. The van der Waals surface area contributed by atoms with Crippen LogP contribution in [0.2, 0.25) is 0 Å². The molecule has 3 aromatic rings. The average Bonchev–Trinajstić information content (AvgIpc) is 3.09. The molecule has 0 fully saturated rings. The topological polar surface area (TPSA) is 65.4 Å². The van der Waals surface area contributed by atoms with Gasteiger partial charge in [-0.2, -0.15) is 0 Å². The zero-order chi connectivity index (χ0) is 19.6. The third-order valence-electron chi connectivity index (χ3n) is 4.75. The van der Waals surface area contributed by atoms with Crippen LogP contribution in [0, 0.1) is 13.8 Å². The molecule has 3 rings (SSSR count). The second-order valence-corrected chi connectivity index (χ2v) is 6.67. The minimum Gasteiger partial charge on any atom is -0.507 e. The van der Waals surface area contributed by atoms with Crippen molar-refractivity contribution in [1.29, 1.82) is 0 Å². The average molecular weight is 360 g/mol. The number of aryl methyl sites for hydroxylation is 2. The van der Waals surface area contributed by atoms with E-state index in [2.05, 4.69) is 9.98 Å². The van der Waals surface area contributed by atoms with Crippen LogP contribution in [-0.2, 0) is 4.79 Å². The number of para-hydroxylation sites is 1. The van der Waals surface area contributed by atoms with E-state index in [0.29, 0.717) is 23.5 Å². The molecular formula is C23H24N2O2. The molecule has 0 aliphatic carbocycles. The van der Waals surface area contributed by atoms with Gasteiger partial charge in [0.05, 0.1) is 11.4 Å². The van der Waals surface area contributed by atoms with Crippen molar-refractivity contribution in [3.8, 4) is 5.75 Å². The molecule has 2 N–H and O–H groups in total. The van der Waals surface area contributed by atoms with E-state index in [4.69, 9.17) is 0 Å². The van der Waals surface area contributed by atoms with E-state index in [1.165, 1.54) is 0 Å². The Bertz CT molecular complexity index is 1010. The van der Waals surface area contributed by atoms with Gasteiger partial charge in [-0.05, 0) is 55.3 Å². The van der Waals surface area contributed by atoms with Gasteiger partial charge in [0.25, 0.3) is 0 Å². The number of ketones is 1. The fraction of sp³-hybridized carbons (Fsp3) is 0.217. The Hall–Kier alpha value is -3.14. The van der Waals surface area contributed by atoms with Crippen molar-refractivity contribution < 1.29 is 9.90 Å². The number of phenols is 1. The SMILES string of the molecule is CCC(=O)/C(=C\C(=N/C)c1cc(C)c(O)c(C)c1)c1cc2ccccc2[nH]1. The van der Waals surface area contributed by atoms with Crippen molar-refractivity contribution in [2.45, 2.75) is 27.2 Å². The normalized spacial score (nSPS) is 12.6. The molecule has 0 amide bonds. The lowest BCUT2D eigenvalue weighted by atomic mass is 9.98. The van der Waals surface area contributed by atoms with Crippen molar-refractivity contribution in [2.24, 2.45) is 4.99 Å². The lowest BCUT2D eigenvalue weighted by Gasteiger charge is -2.10. The first-order valence-electron chi connectivity index (χ1n) is 9.05. The highest BCUT2D eigenvalue weighted by molar-refractivity contribution is 6.27. The van der Waals surface area contributed by atoms with Gasteiger partial charge in [-0.15, -0.1) is 0 Å². The number of benzene rings is 2. The zero-order valence-corrected chi connectivity index (χ0v) is 16.1. The van der Waals surface area contributed by atoms with E-state index < -0.39 is 0 Å². The lowest BCUT2D eigenvalue weighted by molar-refractivity contribution is -0.113. The van der Waals surface area contributed by atoms with Gasteiger partial charge >= 0.3 is 0 Å². The summed E-state index contributed by atoms with van der Waals surface area (Å²) in [6, 6.07) is 13.7. The fourth-order valence-corrected chi connectivity index (χ4v) is 3.23. The highest BCUT2D eigenvalue weighted by Gasteiger charge is 2.15. The summed E-state index contributed by atoms with van der Waals surface area (Å²) in [5, 5.41) is 11.1. The largest absolute Gasteiger partial charge is 0.507 e. The Morgan fingerprint density at radius 1 is 1.15 bits per heavy atom.